The van der Waals surface area contributed by atoms with E-state index in [1.165, 1.54) is 0 Å². The van der Waals surface area contributed by atoms with Crippen molar-refractivity contribution in [2.24, 2.45) is 5.41 Å². The molecule has 0 saturated carbocycles. The van der Waals surface area contributed by atoms with Crippen LogP contribution in [-0.2, 0) is 11.3 Å². The normalized spacial score (nSPS) is 11.2. The SMILES string of the molecule is CC(C)(C)C(=O)NCc1cccc(Cl)c1. The van der Waals surface area contributed by atoms with Crippen LogP contribution in [0.4, 0.5) is 0 Å². The van der Waals surface area contributed by atoms with E-state index >= 15 is 0 Å². The first kappa shape index (κ1) is 12.1. The van der Waals surface area contributed by atoms with Gasteiger partial charge in [0.1, 0.15) is 0 Å². The molecule has 0 unspecified atom stereocenters. The molecule has 1 aromatic carbocycles. The summed E-state index contributed by atoms with van der Waals surface area (Å²) in [4.78, 5) is 11.6. The maximum atomic E-state index is 11.6. The number of halogens is 1. The van der Waals surface area contributed by atoms with Gasteiger partial charge >= 0.3 is 0 Å². The van der Waals surface area contributed by atoms with Crippen molar-refractivity contribution in [3.8, 4) is 0 Å². The summed E-state index contributed by atoms with van der Waals surface area (Å²) in [5, 5.41) is 3.56. The topological polar surface area (TPSA) is 29.1 Å². The number of nitrogens with one attached hydrogen (secondary N) is 1. The van der Waals surface area contributed by atoms with Crippen LogP contribution in [0.15, 0.2) is 24.3 Å². The molecular formula is C12H16ClNO. The Morgan fingerprint density at radius 2 is 2.07 bits per heavy atom. The average Bonchev–Trinajstić information content (AvgIpc) is 2.12. The lowest BCUT2D eigenvalue weighted by Crippen LogP contribution is -2.34. The molecule has 0 radical (unpaired) electrons. The first-order chi connectivity index (χ1) is 6.89. The Morgan fingerprint density at radius 3 is 2.60 bits per heavy atom. The molecule has 1 N–H and O–H groups in total. The Hall–Kier alpha value is -1.02. The van der Waals surface area contributed by atoms with Crippen molar-refractivity contribution in [2.45, 2.75) is 27.3 Å². The van der Waals surface area contributed by atoms with Gasteiger partial charge in [0.05, 0.1) is 0 Å². The summed E-state index contributed by atoms with van der Waals surface area (Å²) in [6, 6.07) is 7.48. The Labute approximate surface area is 95.6 Å². The summed E-state index contributed by atoms with van der Waals surface area (Å²) in [7, 11) is 0. The van der Waals surface area contributed by atoms with Crippen LogP contribution >= 0.6 is 11.6 Å². The van der Waals surface area contributed by atoms with E-state index in [-0.39, 0.29) is 11.3 Å². The van der Waals surface area contributed by atoms with Crippen LogP contribution in [0, 0.1) is 5.41 Å². The zero-order chi connectivity index (χ0) is 11.5. The maximum absolute atomic E-state index is 11.6. The Kier molecular flexibility index (Phi) is 3.75. The fourth-order valence-electron chi connectivity index (χ4n) is 1.09. The van der Waals surface area contributed by atoms with Crippen LogP contribution in [0.25, 0.3) is 0 Å². The van der Waals surface area contributed by atoms with Crippen molar-refractivity contribution in [1.29, 1.82) is 0 Å². The van der Waals surface area contributed by atoms with E-state index in [0.717, 1.165) is 5.56 Å². The van der Waals surface area contributed by atoms with Gasteiger partial charge in [-0.2, -0.15) is 0 Å². The van der Waals surface area contributed by atoms with Crippen molar-refractivity contribution >= 4 is 17.5 Å². The first-order valence-corrected chi connectivity index (χ1v) is 5.30. The molecular weight excluding hydrogens is 210 g/mol. The van der Waals surface area contributed by atoms with Crippen molar-refractivity contribution in [2.75, 3.05) is 0 Å². The molecule has 0 saturated heterocycles. The number of hydrogen-bond acceptors (Lipinski definition) is 1. The Morgan fingerprint density at radius 1 is 1.40 bits per heavy atom. The lowest BCUT2D eigenvalue weighted by Gasteiger charge is -2.17. The predicted molar refractivity (Wildman–Crippen MR) is 62.8 cm³/mol. The highest BCUT2D eigenvalue weighted by Crippen LogP contribution is 2.14. The molecule has 15 heavy (non-hydrogen) atoms. The molecule has 3 heteroatoms. The third kappa shape index (κ3) is 3.92. The first-order valence-electron chi connectivity index (χ1n) is 4.92. The Bertz CT molecular complexity index is 355. The number of benzene rings is 1. The van der Waals surface area contributed by atoms with Crippen LogP contribution in [0.5, 0.6) is 0 Å². The fraction of sp³-hybridized carbons (Fsp3) is 0.417. The van der Waals surface area contributed by atoms with Crippen LogP contribution in [0.2, 0.25) is 5.02 Å². The smallest absolute Gasteiger partial charge is 0.225 e. The van der Waals surface area contributed by atoms with E-state index in [4.69, 9.17) is 11.6 Å². The molecule has 0 bridgehead atoms. The lowest BCUT2D eigenvalue weighted by atomic mass is 9.95. The van der Waals surface area contributed by atoms with Gasteiger partial charge in [-0.1, -0.05) is 44.5 Å². The second-order valence-corrected chi connectivity index (χ2v) is 5.00. The standard InChI is InChI=1S/C12H16ClNO/c1-12(2,3)11(15)14-8-9-5-4-6-10(13)7-9/h4-7H,8H2,1-3H3,(H,14,15). The van der Waals surface area contributed by atoms with Crippen LogP contribution in [0.1, 0.15) is 26.3 Å². The minimum absolute atomic E-state index is 0.0440. The van der Waals surface area contributed by atoms with Gasteiger partial charge in [-0.3, -0.25) is 4.79 Å². The highest BCUT2D eigenvalue weighted by Gasteiger charge is 2.20. The second-order valence-electron chi connectivity index (χ2n) is 4.56. The predicted octanol–water partition coefficient (Wildman–Crippen LogP) is 3.00. The van der Waals surface area contributed by atoms with Gasteiger partial charge in [0.2, 0.25) is 5.91 Å². The minimum atomic E-state index is -0.349. The fourth-order valence-corrected chi connectivity index (χ4v) is 1.31. The van der Waals surface area contributed by atoms with Gasteiger partial charge in [-0.25, -0.2) is 0 Å². The number of amides is 1. The zero-order valence-electron chi connectivity index (χ0n) is 9.30. The van der Waals surface area contributed by atoms with Crippen molar-refractivity contribution < 1.29 is 4.79 Å². The maximum Gasteiger partial charge on any atom is 0.225 e. The van der Waals surface area contributed by atoms with Gasteiger partial charge < -0.3 is 5.32 Å². The van der Waals surface area contributed by atoms with Gasteiger partial charge in [-0.15, -0.1) is 0 Å². The second kappa shape index (κ2) is 4.67. The summed E-state index contributed by atoms with van der Waals surface area (Å²) >= 11 is 5.84. The lowest BCUT2D eigenvalue weighted by molar-refractivity contribution is -0.128. The molecule has 1 rings (SSSR count). The van der Waals surface area contributed by atoms with Crippen molar-refractivity contribution in [3.63, 3.8) is 0 Å². The molecule has 1 amide bonds. The van der Waals surface area contributed by atoms with Crippen LogP contribution in [0.3, 0.4) is 0 Å². The van der Waals surface area contributed by atoms with Crippen LogP contribution < -0.4 is 5.32 Å². The summed E-state index contributed by atoms with van der Waals surface area (Å²) in [5.41, 5.74) is 0.665. The molecule has 0 aliphatic carbocycles. The molecule has 82 valence electrons. The Balaban J connectivity index is 2.55. The van der Waals surface area contributed by atoms with E-state index in [9.17, 15) is 4.79 Å². The van der Waals surface area contributed by atoms with Gasteiger partial charge in [0, 0.05) is 17.0 Å². The molecule has 0 aliphatic heterocycles. The molecule has 0 atom stereocenters. The number of carbonyl (C=O) groups is 1. The number of hydrogen-bond donors (Lipinski definition) is 1. The third-order valence-corrected chi connectivity index (χ3v) is 2.26. The molecule has 0 spiro atoms. The minimum Gasteiger partial charge on any atom is -0.352 e. The number of rotatable bonds is 2. The molecule has 0 aromatic heterocycles. The summed E-state index contributed by atoms with van der Waals surface area (Å²) < 4.78 is 0. The van der Waals surface area contributed by atoms with Gasteiger partial charge in [0.25, 0.3) is 0 Å². The summed E-state index contributed by atoms with van der Waals surface area (Å²) in [6.07, 6.45) is 0. The van der Waals surface area contributed by atoms with Gasteiger partial charge in [-0.05, 0) is 17.7 Å². The van der Waals surface area contributed by atoms with E-state index in [0.29, 0.717) is 11.6 Å². The van der Waals surface area contributed by atoms with Crippen LogP contribution in [-0.4, -0.2) is 5.91 Å². The highest BCUT2D eigenvalue weighted by atomic mass is 35.5. The van der Waals surface area contributed by atoms with E-state index < -0.39 is 0 Å². The molecule has 0 fully saturated rings. The monoisotopic (exact) mass is 225 g/mol. The third-order valence-electron chi connectivity index (χ3n) is 2.02. The summed E-state index contributed by atoms with van der Waals surface area (Å²) in [6.45, 7) is 6.19. The molecule has 0 heterocycles. The van der Waals surface area contributed by atoms with Gasteiger partial charge in [0.15, 0.2) is 0 Å². The van der Waals surface area contributed by atoms with E-state index in [2.05, 4.69) is 5.32 Å². The number of carbonyl (C=O) groups excluding carboxylic acids is 1. The molecule has 2 nitrogen and oxygen atoms in total. The van der Waals surface area contributed by atoms with E-state index in [1.54, 1.807) is 0 Å². The summed E-state index contributed by atoms with van der Waals surface area (Å²) in [5.74, 6) is 0.0440. The van der Waals surface area contributed by atoms with Crippen molar-refractivity contribution in [3.05, 3.63) is 34.9 Å². The highest BCUT2D eigenvalue weighted by molar-refractivity contribution is 6.30. The molecule has 0 aliphatic rings. The average molecular weight is 226 g/mol. The largest absolute Gasteiger partial charge is 0.352 e. The quantitative estimate of drug-likeness (QED) is 0.824. The van der Waals surface area contributed by atoms with E-state index in [1.807, 2.05) is 45.0 Å². The zero-order valence-corrected chi connectivity index (χ0v) is 10.1. The van der Waals surface area contributed by atoms with Crippen molar-refractivity contribution in [1.82, 2.24) is 5.32 Å². The molecule has 1 aromatic rings.